The molecule has 0 heterocycles. The molecule has 0 bridgehead atoms. The standard InChI is InChI=1S/C14H20NO4/c1-14(2,3)19-13(16)10(15)9-18-12-8-6-5-7-11(12)17-4/h6-8,10H,9,15H2,1-4H3. The second kappa shape index (κ2) is 6.43. The van der Waals surface area contributed by atoms with Crippen molar-refractivity contribution in [1.29, 1.82) is 0 Å². The van der Waals surface area contributed by atoms with Crippen molar-refractivity contribution in [3.05, 3.63) is 24.3 Å². The highest BCUT2D eigenvalue weighted by Gasteiger charge is 2.22. The van der Waals surface area contributed by atoms with Crippen molar-refractivity contribution in [1.82, 2.24) is 0 Å². The molecule has 1 aromatic rings. The summed E-state index contributed by atoms with van der Waals surface area (Å²) in [7, 11) is 1.53. The van der Waals surface area contributed by atoms with Crippen molar-refractivity contribution < 1.29 is 19.0 Å². The summed E-state index contributed by atoms with van der Waals surface area (Å²) in [5.41, 5.74) is 5.15. The summed E-state index contributed by atoms with van der Waals surface area (Å²) in [4.78, 5) is 11.7. The van der Waals surface area contributed by atoms with Crippen LogP contribution in [-0.4, -0.2) is 31.3 Å². The van der Waals surface area contributed by atoms with E-state index < -0.39 is 17.6 Å². The first-order valence-electron chi connectivity index (χ1n) is 5.99. The highest BCUT2D eigenvalue weighted by atomic mass is 16.6. The Morgan fingerprint density at radius 3 is 2.68 bits per heavy atom. The maximum Gasteiger partial charge on any atom is 0.326 e. The highest BCUT2D eigenvalue weighted by molar-refractivity contribution is 5.76. The summed E-state index contributed by atoms with van der Waals surface area (Å²) in [5.74, 6) is 0.563. The Balaban J connectivity index is 2.54. The average Bonchev–Trinajstić information content (AvgIpc) is 2.34. The molecule has 105 valence electrons. The Kier molecular flexibility index (Phi) is 5.18. The number of carbonyl (C=O) groups is 1. The molecule has 0 aliphatic carbocycles. The van der Waals surface area contributed by atoms with Gasteiger partial charge in [0, 0.05) is 0 Å². The number of hydrogen-bond acceptors (Lipinski definition) is 5. The lowest BCUT2D eigenvalue weighted by Crippen LogP contribution is -2.41. The number of carbonyl (C=O) groups excluding carboxylic acids is 1. The third-order valence-electron chi connectivity index (χ3n) is 2.14. The Morgan fingerprint density at radius 1 is 1.42 bits per heavy atom. The normalized spacial score (nSPS) is 12.7. The first kappa shape index (κ1) is 15.3. The molecule has 0 aromatic heterocycles. The van der Waals surface area contributed by atoms with Gasteiger partial charge < -0.3 is 19.9 Å². The molecule has 5 nitrogen and oxygen atoms in total. The third kappa shape index (κ3) is 5.18. The van der Waals surface area contributed by atoms with Crippen LogP contribution >= 0.6 is 0 Å². The molecule has 2 N–H and O–H groups in total. The SMILES string of the molecule is COc1c[c]ccc1OCC(N)C(=O)OC(C)(C)C. The van der Waals surface area contributed by atoms with Gasteiger partial charge in [-0.05, 0) is 39.0 Å². The lowest BCUT2D eigenvalue weighted by atomic mass is 10.2. The molecule has 1 radical (unpaired) electrons. The van der Waals surface area contributed by atoms with E-state index in [2.05, 4.69) is 6.07 Å². The number of nitrogens with two attached hydrogens (primary N) is 1. The summed E-state index contributed by atoms with van der Waals surface area (Å²) in [5, 5.41) is 0. The van der Waals surface area contributed by atoms with E-state index in [1.165, 1.54) is 7.11 Å². The number of methoxy groups -OCH3 is 1. The van der Waals surface area contributed by atoms with Crippen molar-refractivity contribution in [3.8, 4) is 11.5 Å². The van der Waals surface area contributed by atoms with Crippen LogP contribution in [0.25, 0.3) is 0 Å². The Labute approximate surface area is 113 Å². The topological polar surface area (TPSA) is 70.8 Å². The van der Waals surface area contributed by atoms with E-state index in [-0.39, 0.29) is 6.61 Å². The smallest absolute Gasteiger partial charge is 0.326 e. The van der Waals surface area contributed by atoms with Crippen LogP contribution in [0.1, 0.15) is 20.8 Å². The van der Waals surface area contributed by atoms with Crippen LogP contribution in [0.15, 0.2) is 18.2 Å². The molecule has 1 aromatic carbocycles. The first-order chi connectivity index (χ1) is 8.83. The highest BCUT2D eigenvalue weighted by Crippen LogP contribution is 2.25. The molecule has 0 saturated heterocycles. The molecule has 0 aliphatic heterocycles. The van der Waals surface area contributed by atoms with Crippen molar-refractivity contribution in [2.45, 2.75) is 32.4 Å². The molecule has 1 rings (SSSR count). The molecule has 5 heteroatoms. The van der Waals surface area contributed by atoms with E-state index in [9.17, 15) is 4.79 Å². The zero-order valence-corrected chi connectivity index (χ0v) is 11.7. The zero-order chi connectivity index (χ0) is 14.5. The largest absolute Gasteiger partial charge is 0.493 e. The molecule has 0 saturated carbocycles. The van der Waals surface area contributed by atoms with Gasteiger partial charge in [-0.15, -0.1) is 0 Å². The molecule has 0 spiro atoms. The van der Waals surface area contributed by atoms with Gasteiger partial charge in [0.05, 0.1) is 7.11 Å². The quantitative estimate of drug-likeness (QED) is 0.819. The average molecular weight is 266 g/mol. The summed E-state index contributed by atoms with van der Waals surface area (Å²) >= 11 is 0. The zero-order valence-electron chi connectivity index (χ0n) is 11.7. The monoisotopic (exact) mass is 266 g/mol. The lowest BCUT2D eigenvalue weighted by molar-refractivity contribution is -0.157. The van der Waals surface area contributed by atoms with Gasteiger partial charge in [0.1, 0.15) is 18.2 Å². The van der Waals surface area contributed by atoms with E-state index in [0.29, 0.717) is 11.5 Å². The van der Waals surface area contributed by atoms with E-state index in [1.54, 1.807) is 39.0 Å². The molecular weight excluding hydrogens is 246 g/mol. The van der Waals surface area contributed by atoms with Crippen molar-refractivity contribution in [3.63, 3.8) is 0 Å². The van der Waals surface area contributed by atoms with Crippen LogP contribution in [0, 0.1) is 6.07 Å². The van der Waals surface area contributed by atoms with Crippen LogP contribution in [0.5, 0.6) is 11.5 Å². The van der Waals surface area contributed by atoms with Crippen LogP contribution in [0.3, 0.4) is 0 Å². The number of rotatable bonds is 5. The molecule has 0 fully saturated rings. The second-order valence-corrected chi connectivity index (χ2v) is 5.03. The minimum Gasteiger partial charge on any atom is -0.493 e. The number of benzene rings is 1. The van der Waals surface area contributed by atoms with Crippen LogP contribution in [0.4, 0.5) is 0 Å². The van der Waals surface area contributed by atoms with Crippen molar-refractivity contribution in [2.24, 2.45) is 5.73 Å². The Morgan fingerprint density at radius 2 is 2.11 bits per heavy atom. The summed E-state index contributed by atoms with van der Waals surface area (Å²) in [6.07, 6.45) is 0. The maximum atomic E-state index is 11.7. The summed E-state index contributed by atoms with van der Waals surface area (Å²) in [6, 6.07) is 7.06. The van der Waals surface area contributed by atoms with Crippen LogP contribution in [-0.2, 0) is 9.53 Å². The van der Waals surface area contributed by atoms with Gasteiger partial charge in [0.2, 0.25) is 0 Å². The van der Waals surface area contributed by atoms with Crippen molar-refractivity contribution >= 4 is 5.97 Å². The lowest BCUT2D eigenvalue weighted by Gasteiger charge is -2.22. The first-order valence-corrected chi connectivity index (χ1v) is 5.99. The number of esters is 1. The molecule has 19 heavy (non-hydrogen) atoms. The molecular formula is C14H20NO4. The maximum absolute atomic E-state index is 11.7. The van der Waals surface area contributed by atoms with E-state index in [0.717, 1.165) is 0 Å². The van der Waals surface area contributed by atoms with E-state index in [4.69, 9.17) is 19.9 Å². The fraction of sp³-hybridized carbons (Fsp3) is 0.500. The van der Waals surface area contributed by atoms with Gasteiger partial charge in [0.25, 0.3) is 0 Å². The van der Waals surface area contributed by atoms with Gasteiger partial charge in [-0.3, -0.25) is 4.79 Å². The van der Waals surface area contributed by atoms with Gasteiger partial charge in [-0.1, -0.05) is 6.07 Å². The molecule has 0 amide bonds. The van der Waals surface area contributed by atoms with Crippen LogP contribution < -0.4 is 15.2 Å². The van der Waals surface area contributed by atoms with Crippen molar-refractivity contribution in [2.75, 3.05) is 13.7 Å². The predicted octanol–water partition coefficient (Wildman–Crippen LogP) is 1.54. The second-order valence-electron chi connectivity index (χ2n) is 5.03. The van der Waals surface area contributed by atoms with E-state index in [1.807, 2.05) is 0 Å². The van der Waals surface area contributed by atoms with E-state index >= 15 is 0 Å². The molecule has 0 aliphatic rings. The van der Waals surface area contributed by atoms with Gasteiger partial charge >= 0.3 is 5.97 Å². The van der Waals surface area contributed by atoms with Gasteiger partial charge in [-0.25, -0.2) is 0 Å². The molecule has 1 atom stereocenters. The minimum absolute atomic E-state index is 0.0231. The minimum atomic E-state index is -0.840. The number of hydrogen-bond donors (Lipinski definition) is 1. The third-order valence-corrected chi connectivity index (χ3v) is 2.14. The summed E-state index contributed by atoms with van der Waals surface area (Å²) < 4.78 is 15.7. The van der Waals surface area contributed by atoms with Crippen LogP contribution in [0.2, 0.25) is 0 Å². The van der Waals surface area contributed by atoms with Gasteiger partial charge in [-0.2, -0.15) is 0 Å². The summed E-state index contributed by atoms with van der Waals surface area (Å²) in [6.45, 7) is 5.38. The fourth-order valence-corrected chi connectivity index (χ4v) is 1.30. The predicted molar refractivity (Wildman–Crippen MR) is 71.1 cm³/mol. The van der Waals surface area contributed by atoms with Gasteiger partial charge in [0.15, 0.2) is 11.5 Å². The Hall–Kier alpha value is -1.75. The number of ether oxygens (including phenoxy) is 3. The Bertz CT molecular complexity index is 426. The molecule has 1 unspecified atom stereocenters. The fourth-order valence-electron chi connectivity index (χ4n) is 1.30.